The summed E-state index contributed by atoms with van der Waals surface area (Å²) in [6, 6.07) is 33.6. The molecule has 0 unspecified atom stereocenters. The Bertz CT molecular complexity index is 1270. The number of fused-ring (bicyclic) bond motifs is 3. The predicted octanol–water partition coefficient (Wildman–Crippen LogP) is 6.73. The van der Waals surface area contributed by atoms with Crippen LogP contribution in [0.2, 0.25) is 0 Å². The lowest BCUT2D eigenvalue weighted by molar-refractivity contribution is 0.415. The van der Waals surface area contributed by atoms with E-state index < -0.39 is 0 Å². The van der Waals surface area contributed by atoms with E-state index in [4.69, 9.17) is 9.72 Å². The van der Waals surface area contributed by atoms with Gasteiger partial charge < -0.3 is 4.74 Å². The zero-order valence-electron chi connectivity index (χ0n) is 15.6. The van der Waals surface area contributed by atoms with E-state index >= 15 is 0 Å². The first-order valence-corrected chi connectivity index (χ1v) is 9.36. The summed E-state index contributed by atoms with van der Waals surface area (Å²) in [7, 11) is 1.68. The van der Waals surface area contributed by atoms with Gasteiger partial charge in [0.15, 0.2) is 0 Å². The molecule has 0 aliphatic heterocycles. The maximum absolute atomic E-state index is 5.30. The maximum Gasteiger partial charge on any atom is 0.118 e. The van der Waals surface area contributed by atoms with E-state index in [9.17, 15) is 0 Å². The van der Waals surface area contributed by atoms with Gasteiger partial charge in [-0.05, 0) is 58.3 Å². The lowest BCUT2D eigenvalue weighted by Crippen LogP contribution is -1.91. The third-order valence-electron chi connectivity index (χ3n) is 5.17. The van der Waals surface area contributed by atoms with Crippen molar-refractivity contribution in [2.45, 2.75) is 0 Å². The number of pyridine rings is 1. The van der Waals surface area contributed by atoms with Crippen LogP contribution in [0.4, 0.5) is 0 Å². The third-order valence-corrected chi connectivity index (χ3v) is 5.17. The van der Waals surface area contributed by atoms with E-state index in [0.717, 1.165) is 22.5 Å². The molecule has 5 rings (SSSR count). The summed E-state index contributed by atoms with van der Waals surface area (Å²) in [6.07, 6.45) is 0. The van der Waals surface area contributed by atoms with E-state index in [1.54, 1.807) is 7.11 Å². The van der Waals surface area contributed by atoms with Gasteiger partial charge in [0.25, 0.3) is 0 Å². The zero-order chi connectivity index (χ0) is 18.9. The molecule has 2 nitrogen and oxygen atoms in total. The Balaban J connectivity index is 1.84. The Kier molecular flexibility index (Phi) is 4.02. The molecule has 0 saturated heterocycles. The van der Waals surface area contributed by atoms with Gasteiger partial charge in [-0.15, -0.1) is 0 Å². The van der Waals surface area contributed by atoms with Gasteiger partial charge in [-0.1, -0.05) is 60.7 Å². The molecule has 0 saturated carbocycles. The number of hydrogen-bond donors (Lipinski definition) is 0. The topological polar surface area (TPSA) is 22.1 Å². The van der Waals surface area contributed by atoms with Crippen molar-refractivity contribution in [2.75, 3.05) is 7.11 Å². The van der Waals surface area contributed by atoms with E-state index in [-0.39, 0.29) is 0 Å². The van der Waals surface area contributed by atoms with Crippen LogP contribution in [-0.4, -0.2) is 12.1 Å². The largest absolute Gasteiger partial charge is 0.497 e. The van der Waals surface area contributed by atoms with Crippen LogP contribution in [0.15, 0.2) is 97.1 Å². The molecule has 0 atom stereocenters. The van der Waals surface area contributed by atoms with Gasteiger partial charge in [0, 0.05) is 10.9 Å². The number of aromatic nitrogens is 1. The summed E-state index contributed by atoms with van der Waals surface area (Å²) >= 11 is 0. The minimum atomic E-state index is 0.846. The highest BCUT2D eigenvalue weighted by molar-refractivity contribution is 6.13. The number of hydrogen-bond acceptors (Lipinski definition) is 2. The van der Waals surface area contributed by atoms with Crippen LogP contribution < -0.4 is 4.74 Å². The second kappa shape index (κ2) is 6.82. The van der Waals surface area contributed by atoms with Crippen LogP contribution in [0.3, 0.4) is 0 Å². The quantitative estimate of drug-likeness (QED) is 0.332. The molecule has 0 fully saturated rings. The summed E-state index contributed by atoms with van der Waals surface area (Å²) in [5, 5.41) is 3.65. The average Bonchev–Trinajstić information content (AvgIpc) is 2.79. The molecule has 2 heteroatoms. The van der Waals surface area contributed by atoms with E-state index in [1.165, 1.54) is 27.3 Å². The summed E-state index contributed by atoms with van der Waals surface area (Å²) in [5.41, 5.74) is 5.44. The second-order valence-electron chi connectivity index (χ2n) is 6.83. The number of nitrogens with zero attached hydrogens (tertiary/aromatic N) is 1. The van der Waals surface area contributed by atoms with Crippen LogP contribution in [0.1, 0.15) is 0 Å². The smallest absolute Gasteiger partial charge is 0.118 e. The van der Waals surface area contributed by atoms with E-state index in [0.29, 0.717) is 0 Å². The van der Waals surface area contributed by atoms with Crippen molar-refractivity contribution in [2.24, 2.45) is 0 Å². The lowest BCUT2D eigenvalue weighted by Gasteiger charge is -2.13. The van der Waals surface area contributed by atoms with E-state index in [2.05, 4.69) is 84.9 Å². The molecule has 28 heavy (non-hydrogen) atoms. The first-order chi connectivity index (χ1) is 13.8. The first kappa shape index (κ1) is 16.5. The summed E-state index contributed by atoms with van der Waals surface area (Å²) in [6.45, 7) is 0. The van der Waals surface area contributed by atoms with Crippen molar-refractivity contribution in [3.8, 4) is 28.1 Å². The molecular formula is C26H19NO. The van der Waals surface area contributed by atoms with Crippen LogP contribution in [0.5, 0.6) is 5.75 Å². The highest BCUT2D eigenvalue weighted by Gasteiger charge is 2.12. The molecule has 0 N–H and O–H groups in total. The predicted molar refractivity (Wildman–Crippen MR) is 117 cm³/mol. The average molecular weight is 361 g/mol. The number of methoxy groups -OCH3 is 1. The monoisotopic (exact) mass is 361 g/mol. The molecule has 5 aromatic rings. The molecule has 0 aliphatic carbocycles. The molecular weight excluding hydrogens is 342 g/mol. The van der Waals surface area contributed by atoms with Crippen LogP contribution >= 0.6 is 0 Å². The molecule has 0 amide bonds. The van der Waals surface area contributed by atoms with Crippen LogP contribution in [0, 0.1) is 0 Å². The Morgan fingerprint density at radius 2 is 1.43 bits per heavy atom. The molecule has 0 bridgehead atoms. The van der Waals surface area contributed by atoms with Gasteiger partial charge in [-0.25, -0.2) is 4.98 Å². The van der Waals surface area contributed by atoms with Gasteiger partial charge in [0.05, 0.1) is 18.3 Å². The Labute approximate surface area is 164 Å². The lowest BCUT2D eigenvalue weighted by atomic mass is 9.94. The zero-order valence-corrected chi connectivity index (χ0v) is 15.6. The van der Waals surface area contributed by atoms with Crippen molar-refractivity contribution in [1.82, 2.24) is 4.98 Å². The Hall–Kier alpha value is -3.65. The first-order valence-electron chi connectivity index (χ1n) is 9.36. The summed E-state index contributed by atoms with van der Waals surface area (Å²) in [4.78, 5) is 5.00. The highest BCUT2D eigenvalue weighted by atomic mass is 16.5. The van der Waals surface area contributed by atoms with Crippen molar-refractivity contribution >= 4 is 21.7 Å². The summed E-state index contributed by atoms with van der Waals surface area (Å²) < 4.78 is 5.30. The number of benzene rings is 4. The molecule has 4 aromatic carbocycles. The van der Waals surface area contributed by atoms with Gasteiger partial charge >= 0.3 is 0 Å². The second-order valence-corrected chi connectivity index (χ2v) is 6.83. The van der Waals surface area contributed by atoms with Gasteiger partial charge in [0.2, 0.25) is 0 Å². The molecule has 1 aromatic heterocycles. The maximum atomic E-state index is 5.30. The van der Waals surface area contributed by atoms with E-state index in [1.807, 2.05) is 12.1 Å². The number of rotatable bonds is 3. The SMILES string of the molecule is COc1ccc(-c2cc(-c3ccccc3)c3c(ccc4ccccc43)n2)cc1. The third kappa shape index (κ3) is 2.80. The van der Waals surface area contributed by atoms with Gasteiger partial charge in [0.1, 0.15) is 5.75 Å². The summed E-state index contributed by atoms with van der Waals surface area (Å²) in [5.74, 6) is 0.846. The van der Waals surface area contributed by atoms with Crippen LogP contribution in [-0.2, 0) is 0 Å². The van der Waals surface area contributed by atoms with Gasteiger partial charge in [-0.2, -0.15) is 0 Å². The molecule has 1 heterocycles. The fraction of sp³-hybridized carbons (Fsp3) is 0.0385. The van der Waals surface area contributed by atoms with Crippen LogP contribution in [0.25, 0.3) is 44.1 Å². The minimum Gasteiger partial charge on any atom is -0.497 e. The Morgan fingerprint density at radius 3 is 2.21 bits per heavy atom. The van der Waals surface area contributed by atoms with Crippen molar-refractivity contribution in [3.63, 3.8) is 0 Å². The standard InChI is InChI=1S/C26H19NO/c1-28-21-14-11-20(12-15-21)25-17-23(18-7-3-2-4-8-18)26-22-10-6-5-9-19(22)13-16-24(26)27-25/h2-17H,1H3. The fourth-order valence-corrected chi connectivity index (χ4v) is 3.76. The van der Waals surface area contributed by atoms with Crippen molar-refractivity contribution in [3.05, 3.63) is 97.1 Å². The van der Waals surface area contributed by atoms with Gasteiger partial charge in [-0.3, -0.25) is 0 Å². The normalized spacial score (nSPS) is 11.0. The number of ether oxygens (including phenoxy) is 1. The fourth-order valence-electron chi connectivity index (χ4n) is 3.76. The molecule has 0 spiro atoms. The van der Waals surface area contributed by atoms with Crippen molar-refractivity contribution in [1.29, 1.82) is 0 Å². The molecule has 0 aliphatic rings. The molecule has 134 valence electrons. The Morgan fingerprint density at radius 1 is 0.679 bits per heavy atom. The molecule has 0 radical (unpaired) electrons. The highest BCUT2D eigenvalue weighted by Crippen LogP contribution is 2.36. The minimum absolute atomic E-state index is 0.846. The van der Waals surface area contributed by atoms with Crippen molar-refractivity contribution < 1.29 is 4.74 Å².